The zero-order chi connectivity index (χ0) is 23.3. The molecule has 0 atom stereocenters. The lowest BCUT2D eigenvalue weighted by Crippen LogP contribution is -2.38. The molecular weight excluding hydrogens is 478 g/mol. The van der Waals surface area contributed by atoms with E-state index in [1.165, 1.54) is 16.2 Å². The number of nitrogens with zero attached hydrogens (tertiary/aromatic N) is 3. The van der Waals surface area contributed by atoms with Crippen molar-refractivity contribution in [3.63, 3.8) is 0 Å². The summed E-state index contributed by atoms with van der Waals surface area (Å²) in [5.74, 6) is -0.0547. The second-order valence-electron chi connectivity index (χ2n) is 7.65. The van der Waals surface area contributed by atoms with Gasteiger partial charge in [0.25, 0.3) is 0 Å². The van der Waals surface area contributed by atoms with Gasteiger partial charge in [-0.3, -0.25) is 19.5 Å². The van der Waals surface area contributed by atoms with Gasteiger partial charge in [-0.2, -0.15) is 0 Å². The van der Waals surface area contributed by atoms with Crippen LogP contribution in [0.25, 0.3) is 0 Å². The molecule has 0 aliphatic carbocycles. The summed E-state index contributed by atoms with van der Waals surface area (Å²) in [7, 11) is 0. The first-order valence-electron chi connectivity index (χ1n) is 11.1. The van der Waals surface area contributed by atoms with E-state index in [4.69, 9.17) is 4.74 Å². The molecule has 33 heavy (non-hydrogen) atoms. The lowest BCUT2D eigenvalue weighted by atomic mass is 10.2. The average Bonchev–Trinajstić information content (AvgIpc) is 3.53. The topological polar surface area (TPSA) is 82.4 Å². The van der Waals surface area contributed by atoms with E-state index < -0.39 is 5.97 Å². The molecule has 2 aromatic heterocycles. The third-order valence-corrected chi connectivity index (χ3v) is 8.04. The molecule has 10 heteroatoms. The fourth-order valence-corrected chi connectivity index (χ4v) is 5.85. The SMILES string of the molecule is O=C(O)CN=C(SCCCC(=O)c1cccs1)N(CCCN1CCOCC1)Cc1cccs1. The average molecular weight is 510 g/mol. The molecule has 0 saturated carbocycles. The second-order valence-corrected chi connectivity index (χ2v) is 10.7. The Morgan fingerprint density at radius 1 is 1.15 bits per heavy atom. The number of Topliss-reactive ketones (excluding diaryl/α,β-unsaturated/α-hetero) is 1. The first-order valence-corrected chi connectivity index (χ1v) is 13.9. The number of thiophene rings is 2. The zero-order valence-corrected chi connectivity index (χ0v) is 21.1. The number of amidine groups is 1. The van der Waals surface area contributed by atoms with E-state index in [9.17, 15) is 14.7 Å². The Kier molecular flexibility index (Phi) is 11.4. The summed E-state index contributed by atoms with van der Waals surface area (Å²) in [5, 5.41) is 13.9. The molecule has 3 rings (SSSR count). The molecule has 2 aromatic rings. The van der Waals surface area contributed by atoms with Crippen molar-refractivity contribution in [2.24, 2.45) is 4.99 Å². The molecule has 0 radical (unpaired) electrons. The number of hydrogen-bond donors (Lipinski definition) is 1. The van der Waals surface area contributed by atoms with Crippen LogP contribution in [0.15, 0.2) is 40.0 Å². The smallest absolute Gasteiger partial charge is 0.325 e. The Morgan fingerprint density at radius 2 is 1.94 bits per heavy atom. The van der Waals surface area contributed by atoms with Gasteiger partial charge < -0.3 is 14.7 Å². The molecule has 0 amide bonds. The molecule has 7 nitrogen and oxygen atoms in total. The predicted octanol–water partition coefficient (Wildman–Crippen LogP) is 4.17. The van der Waals surface area contributed by atoms with Crippen LogP contribution in [0, 0.1) is 0 Å². The number of carboxylic acid groups (broad SMARTS) is 1. The minimum atomic E-state index is -0.939. The molecular formula is C23H31N3O4S3. The Labute approximate surface area is 207 Å². The van der Waals surface area contributed by atoms with Gasteiger partial charge in [-0.15, -0.1) is 22.7 Å². The van der Waals surface area contributed by atoms with Gasteiger partial charge in [0.15, 0.2) is 11.0 Å². The highest BCUT2D eigenvalue weighted by Gasteiger charge is 2.17. The minimum absolute atomic E-state index is 0.163. The van der Waals surface area contributed by atoms with Gasteiger partial charge in [-0.25, -0.2) is 0 Å². The van der Waals surface area contributed by atoms with E-state index in [-0.39, 0.29) is 12.3 Å². The molecule has 0 unspecified atom stereocenters. The largest absolute Gasteiger partial charge is 0.480 e. The molecule has 180 valence electrons. The van der Waals surface area contributed by atoms with Crippen molar-refractivity contribution in [2.45, 2.75) is 25.8 Å². The summed E-state index contributed by atoms with van der Waals surface area (Å²) in [6.45, 7) is 5.72. The number of thioether (sulfide) groups is 1. The van der Waals surface area contributed by atoms with Crippen molar-refractivity contribution in [1.82, 2.24) is 9.80 Å². The molecule has 1 saturated heterocycles. The zero-order valence-electron chi connectivity index (χ0n) is 18.7. The number of carbonyl (C=O) groups is 2. The number of carbonyl (C=O) groups excluding carboxylic acids is 1. The maximum Gasteiger partial charge on any atom is 0.325 e. The lowest BCUT2D eigenvalue weighted by Gasteiger charge is -2.29. The number of ether oxygens (including phenoxy) is 1. The fourth-order valence-electron chi connectivity index (χ4n) is 3.47. The van der Waals surface area contributed by atoms with Crippen molar-refractivity contribution in [3.05, 3.63) is 44.8 Å². The molecule has 3 heterocycles. The highest BCUT2D eigenvalue weighted by atomic mass is 32.2. The number of carboxylic acids is 1. The van der Waals surface area contributed by atoms with Crippen molar-refractivity contribution in [3.8, 4) is 0 Å². The highest BCUT2D eigenvalue weighted by molar-refractivity contribution is 8.13. The van der Waals surface area contributed by atoms with Crippen LogP contribution >= 0.6 is 34.4 Å². The van der Waals surface area contributed by atoms with Gasteiger partial charge in [-0.05, 0) is 35.7 Å². The standard InChI is InChI=1S/C23H31N3O4S3/c27-20(21-7-3-15-32-21)6-2-16-33-23(24-17-22(28)29)26(18-19-5-1-14-31-19)9-4-8-25-10-12-30-13-11-25/h1,3,5,7,14-15H,2,4,6,8-13,16-18H2,(H,28,29). The van der Waals surface area contributed by atoms with Gasteiger partial charge in [0.05, 0.1) is 24.6 Å². The van der Waals surface area contributed by atoms with Crippen LogP contribution in [-0.4, -0.2) is 83.5 Å². The molecule has 1 fully saturated rings. The summed E-state index contributed by atoms with van der Waals surface area (Å²) in [4.78, 5) is 34.5. The number of hydrogen-bond acceptors (Lipinski definition) is 8. The quantitative estimate of drug-likeness (QED) is 0.188. The van der Waals surface area contributed by atoms with E-state index in [1.54, 1.807) is 23.1 Å². The Balaban J connectivity index is 1.58. The third-order valence-electron chi connectivity index (χ3n) is 5.13. The van der Waals surface area contributed by atoms with Gasteiger partial charge in [0, 0.05) is 43.2 Å². The maximum absolute atomic E-state index is 12.3. The first-order chi connectivity index (χ1) is 16.1. The summed E-state index contributed by atoms with van der Waals surface area (Å²) >= 11 is 4.72. The van der Waals surface area contributed by atoms with Crippen LogP contribution in [0.5, 0.6) is 0 Å². The molecule has 1 N–H and O–H groups in total. The number of aliphatic imine (C=N–C) groups is 1. The Morgan fingerprint density at radius 3 is 2.64 bits per heavy atom. The molecule has 1 aliphatic rings. The number of rotatable bonds is 13. The number of aliphatic carboxylic acids is 1. The van der Waals surface area contributed by atoms with Gasteiger partial charge >= 0.3 is 5.97 Å². The van der Waals surface area contributed by atoms with Crippen molar-refractivity contribution < 1.29 is 19.4 Å². The summed E-state index contributed by atoms with van der Waals surface area (Å²) in [5.41, 5.74) is 0. The van der Waals surface area contributed by atoms with Crippen LogP contribution < -0.4 is 0 Å². The van der Waals surface area contributed by atoms with Gasteiger partial charge in [-0.1, -0.05) is 23.9 Å². The maximum atomic E-state index is 12.3. The molecule has 1 aliphatic heterocycles. The van der Waals surface area contributed by atoms with Crippen molar-refractivity contribution >= 4 is 51.4 Å². The second kappa shape index (κ2) is 14.5. The minimum Gasteiger partial charge on any atom is -0.480 e. The Hall–Kier alpha value is -1.72. The number of morpholine rings is 1. The van der Waals surface area contributed by atoms with E-state index in [0.29, 0.717) is 13.0 Å². The highest BCUT2D eigenvalue weighted by Crippen LogP contribution is 2.20. The molecule has 0 spiro atoms. The Bertz CT molecular complexity index is 866. The van der Waals surface area contributed by atoms with Crippen molar-refractivity contribution in [1.29, 1.82) is 0 Å². The molecule has 0 bridgehead atoms. The van der Waals surface area contributed by atoms with Gasteiger partial charge in [0.1, 0.15) is 6.54 Å². The van der Waals surface area contributed by atoms with Crippen LogP contribution in [-0.2, 0) is 16.1 Å². The third kappa shape index (κ3) is 9.58. The summed E-state index contributed by atoms with van der Waals surface area (Å²) in [6, 6.07) is 7.88. The summed E-state index contributed by atoms with van der Waals surface area (Å²) in [6.07, 6.45) is 2.19. The van der Waals surface area contributed by atoms with Crippen LogP contribution in [0.1, 0.15) is 33.8 Å². The van der Waals surface area contributed by atoms with Crippen LogP contribution in [0.4, 0.5) is 0 Å². The summed E-state index contributed by atoms with van der Waals surface area (Å²) < 4.78 is 5.43. The lowest BCUT2D eigenvalue weighted by molar-refractivity contribution is -0.135. The predicted molar refractivity (Wildman–Crippen MR) is 137 cm³/mol. The van der Waals surface area contributed by atoms with Gasteiger partial charge in [0.2, 0.25) is 0 Å². The van der Waals surface area contributed by atoms with E-state index in [1.807, 2.05) is 23.6 Å². The van der Waals surface area contributed by atoms with E-state index >= 15 is 0 Å². The van der Waals surface area contributed by atoms with Crippen LogP contribution in [0.3, 0.4) is 0 Å². The first kappa shape index (κ1) is 25.9. The number of ketones is 1. The van der Waals surface area contributed by atoms with E-state index in [0.717, 1.165) is 68.0 Å². The van der Waals surface area contributed by atoms with Crippen LogP contribution in [0.2, 0.25) is 0 Å². The normalized spacial score (nSPS) is 15.0. The van der Waals surface area contributed by atoms with E-state index in [2.05, 4.69) is 26.2 Å². The monoisotopic (exact) mass is 509 g/mol. The van der Waals surface area contributed by atoms with Crippen molar-refractivity contribution in [2.75, 3.05) is 51.7 Å². The molecule has 0 aromatic carbocycles. The fraction of sp³-hybridized carbons (Fsp3) is 0.522.